The molecule has 1 saturated heterocycles. The molecule has 0 atom stereocenters. The van der Waals surface area contributed by atoms with E-state index >= 15 is 0 Å². The van der Waals surface area contributed by atoms with Crippen LogP contribution in [0, 0.1) is 13.8 Å². The number of amides is 2. The molecule has 1 aliphatic rings. The molecule has 0 spiro atoms. The smallest absolute Gasteiger partial charge is 0.425 e. The van der Waals surface area contributed by atoms with Gasteiger partial charge in [0.2, 0.25) is 11.9 Å². The maximum absolute atomic E-state index is 14.0. The Bertz CT molecular complexity index is 1690. The number of aromatic nitrogens is 2. The first-order valence-corrected chi connectivity index (χ1v) is 17.9. The van der Waals surface area contributed by atoms with Crippen molar-refractivity contribution in [1.82, 2.24) is 20.2 Å². The Labute approximate surface area is 296 Å². The van der Waals surface area contributed by atoms with Gasteiger partial charge in [-0.25, -0.2) is 14.7 Å². The number of piperidine rings is 1. The number of likely N-dealkylation sites (tertiary alicyclic amines) is 1. The standard InChI is InChI=1S/C40H50N6O4/c1-4-5-22-41-37(47)20-19-32-15-10-17-34(28-32)46(40(48)50-38-30(2)13-9-14-31(38)3)36-21-23-42-39(44-36)43-33-16-11-18-35(29-33)49-27-12-26-45-24-7-6-8-25-45/h9-11,13-18,21,23,28-29H,4-8,12,19-20,22,24-27H2,1-3H3,(H,41,47)(H,42,43,44). The third-order valence-corrected chi connectivity index (χ3v) is 8.74. The van der Waals surface area contributed by atoms with Gasteiger partial charge in [0.05, 0.1) is 12.3 Å². The Hall–Kier alpha value is -4.96. The predicted molar refractivity (Wildman–Crippen MR) is 199 cm³/mol. The largest absolute Gasteiger partial charge is 0.493 e. The van der Waals surface area contributed by atoms with Crippen molar-refractivity contribution in [3.8, 4) is 11.5 Å². The summed E-state index contributed by atoms with van der Waals surface area (Å²) in [6.07, 6.45) is 8.73. The van der Waals surface area contributed by atoms with Crippen LogP contribution in [0.4, 0.5) is 27.9 Å². The predicted octanol–water partition coefficient (Wildman–Crippen LogP) is 8.28. The van der Waals surface area contributed by atoms with E-state index < -0.39 is 6.09 Å². The lowest BCUT2D eigenvalue weighted by molar-refractivity contribution is -0.121. The summed E-state index contributed by atoms with van der Waals surface area (Å²) >= 11 is 0. The highest BCUT2D eigenvalue weighted by Gasteiger charge is 2.24. The summed E-state index contributed by atoms with van der Waals surface area (Å²) in [6.45, 7) is 10.6. The van der Waals surface area contributed by atoms with E-state index in [-0.39, 0.29) is 5.91 Å². The minimum Gasteiger partial charge on any atom is -0.493 e. The number of ether oxygens (including phenoxy) is 2. The first-order chi connectivity index (χ1) is 24.4. The number of hydrogen-bond acceptors (Lipinski definition) is 8. The number of benzene rings is 3. The van der Waals surface area contributed by atoms with E-state index in [2.05, 4.69) is 27.4 Å². The van der Waals surface area contributed by atoms with Gasteiger partial charge in [-0.2, -0.15) is 4.98 Å². The van der Waals surface area contributed by atoms with Crippen molar-refractivity contribution in [2.45, 2.75) is 72.1 Å². The van der Waals surface area contributed by atoms with Crippen molar-refractivity contribution in [3.05, 3.63) is 95.7 Å². The fourth-order valence-electron chi connectivity index (χ4n) is 6.01. The fraction of sp³-hybridized carbons (Fsp3) is 0.400. The zero-order valence-corrected chi connectivity index (χ0v) is 29.6. The van der Waals surface area contributed by atoms with Crippen LogP contribution in [0.5, 0.6) is 11.5 Å². The summed E-state index contributed by atoms with van der Waals surface area (Å²) in [4.78, 5) is 39.6. The minimum atomic E-state index is -0.610. The Morgan fingerprint density at radius 2 is 1.70 bits per heavy atom. The Morgan fingerprint density at radius 1 is 0.920 bits per heavy atom. The van der Waals surface area contributed by atoms with Gasteiger partial charge in [0.15, 0.2) is 0 Å². The van der Waals surface area contributed by atoms with Crippen molar-refractivity contribution in [2.24, 2.45) is 0 Å². The highest BCUT2D eigenvalue weighted by molar-refractivity contribution is 5.96. The number of carbonyl (C=O) groups is 2. The number of aryl methyl sites for hydroxylation is 3. The molecule has 264 valence electrons. The molecule has 0 saturated carbocycles. The molecular weight excluding hydrogens is 628 g/mol. The molecule has 2 amide bonds. The number of anilines is 4. The van der Waals surface area contributed by atoms with Crippen LogP contribution in [0.3, 0.4) is 0 Å². The molecule has 0 bridgehead atoms. The average molecular weight is 679 g/mol. The lowest BCUT2D eigenvalue weighted by Crippen LogP contribution is -2.31. The number of rotatable bonds is 16. The van der Waals surface area contributed by atoms with E-state index in [0.717, 1.165) is 53.9 Å². The quantitative estimate of drug-likeness (QED) is 0.114. The van der Waals surface area contributed by atoms with Crippen molar-refractivity contribution < 1.29 is 19.1 Å². The van der Waals surface area contributed by atoms with E-state index in [1.54, 1.807) is 12.3 Å². The molecule has 2 N–H and O–H groups in total. The van der Waals surface area contributed by atoms with Crippen molar-refractivity contribution >= 4 is 35.1 Å². The summed E-state index contributed by atoms with van der Waals surface area (Å²) in [5, 5.41) is 6.24. The number of hydrogen-bond donors (Lipinski definition) is 2. The van der Waals surface area contributed by atoms with Gasteiger partial charge < -0.3 is 25.0 Å². The fourth-order valence-corrected chi connectivity index (χ4v) is 6.01. The van der Waals surface area contributed by atoms with E-state index in [9.17, 15) is 9.59 Å². The number of para-hydroxylation sites is 1. The second-order valence-electron chi connectivity index (χ2n) is 12.8. The molecular formula is C40H50N6O4. The van der Waals surface area contributed by atoms with E-state index in [0.29, 0.717) is 49.2 Å². The van der Waals surface area contributed by atoms with Crippen LogP contribution >= 0.6 is 0 Å². The van der Waals surface area contributed by atoms with Gasteiger partial charge in [-0.1, -0.05) is 56.2 Å². The van der Waals surface area contributed by atoms with Gasteiger partial charge in [0.25, 0.3) is 0 Å². The van der Waals surface area contributed by atoms with Crippen LogP contribution in [0.15, 0.2) is 79.0 Å². The van der Waals surface area contributed by atoms with Gasteiger partial charge in [0, 0.05) is 43.5 Å². The first kappa shape index (κ1) is 36.3. The van der Waals surface area contributed by atoms with E-state index in [1.165, 1.54) is 37.3 Å². The highest BCUT2D eigenvalue weighted by atomic mass is 16.6. The number of nitrogens with zero attached hydrogens (tertiary/aromatic N) is 4. The van der Waals surface area contributed by atoms with Crippen molar-refractivity contribution in [3.63, 3.8) is 0 Å². The number of nitrogens with one attached hydrogen (secondary N) is 2. The molecule has 0 unspecified atom stereocenters. The third-order valence-electron chi connectivity index (χ3n) is 8.74. The molecule has 5 rings (SSSR count). The topological polar surface area (TPSA) is 109 Å². The van der Waals surface area contributed by atoms with Gasteiger partial charge in [-0.15, -0.1) is 0 Å². The molecule has 1 aliphatic heterocycles. The summed E-state index contributed by atoms with van der Waals surface area (Å²) in [7, 11) is 0. The van der Waals surface area contributed by atoms with Crippen LogP contribution in [-0.2, 0) is 11.2 Å². The second-order valence-corrected chi connectivity index (χ2v) is 12.8. The van der Waals surface area contributed by atoms with Crippen molar-refractivity contribution in [1.29, 1.82) is 0 Å². The molecule has 2 heterocycles. The Balaban J connectivity index is 1.32. The maximum Gasteiger partial charge on any atom is 0.425 e. The molecule has 0 radical (unpaired) electrons. The zero-order valence-electron chi connectivity index (χ0n) is 29.6. The first-order valence-electron chi connectivity index (χ1n) is 17.9. The number of unbranched alkanes of at least 4 members (excludes halogenated alkanes) is 1. The van der Waals surface area contributed by atoms with Crippen LogP contribution in [0.25, 0.3) is 0 Å². The van der Waals surface area contributed by atoms with Gasteiger partial charge in [-0.05, 0) is 100.0 Å². The normalized spacial score (nSPS) is 13.0. The van der Waals surface area contributed by atoms with Crippen LogP contribution < -0.4 is 25.0 Å². The van der Waals surface area contributed by atoms with Crippen LogP contribution in [0.2, 0.25) is 0 Å². The minimum absolute atomic E-state index is 0.00795. The molecule has 4 aromatic rings. The van der Waals surface area contributed by atoms with Gasteiger partial charge in [0.1, 0.15) is 17.3 Å². The number of carbonyl (C=O) groups excluding carboxylic acids is 2. The Morgan fingerprint density at radius 3 is 2.50 bits per heavy atom. The summed E-state index contributed by atoms with van der Waals surface area (Å²) < 4.78 is 12.1. The lowest BCUT2D eigenvalue weighted by atomic mass is 10.1. The second kappa shape index (κ2) is 18.7. The lowest BCUT2D eigenvalue weighted by Gasteiger charge is -2.26. The Kier molecular flexibility index (Phi) is 13.6. The molecule has 3 aromatic carbocycles. The van der Waals surface area contributed by atoms with Gasteiger partial charge in [-0.3, -0.25) is 4.79 Å². The third kappa shape index (κ3) is 10.8. The molecule has 0 aliphatic carbocycles. The van der Waals surface area contributed by atoms with Crippen LogP contribution in [-0.4, -0.2) is 59.7 Å². The van der Waals surface area contributed by atoms with Crippen LogP contribution in [0.1, 0.15) is 68.6 Å². The monoisotopic (exact) mass is 678 g/mol. The zero-order chi connectivity index (χ0) is 35.1. The van der Waals surface area contributed by atoms with Gasteiger partial charge >= 0.3 is 6.09 Å². The average Bonchev–Trinajstić information content (AvgIpc) is 3.12. The molecule has 1 fully saturated rings. The summed E-state index contributed by atoms with van der Waals surface area (Å²) in [5.74, 6) is 1.92. The summed E-state index contributed by atoms with van der Waals surface area (Å²) in [5.41, 5.74) is 3.94. The summed E-state index contributed by atoms with van der Waals surface area (Å²) in [6, 6.07) is 22.7. The SMILES string of the molecule is CCCCNC(=O)CCc1cccc(N(C(=O)Oc2c(C)cccc2C)c2ccnc(Nc3cccc(OCCCN4CCCCC4)c3)n2)c1. The van der Waals surface area contributed by atoms with E-state index in [4.69, 9.17) is 14.5 Å². The molecule has 1 aromatic heterocycles. The van der Waals surface area contributed by atoms with E-state index in [1.807, 2.05) is 80.6 Å². The molecule has 10 heteroatoms. The maximum atomic E-state index is 14.0. The molecule has 50 heavy (non-hydrogen) atoms. The molecule has 10 nitrogen and oxygen atoms in total. The highest BCUT2D eigenvalue weighted by Crippen LogP contribution is 2.30. The van der Waals surface area contributed by atoms with Crippen molar-refractivity contribution in [2.75, 3.05) is 43.0 Å².